The van der Waals surface area contributed by atoms with Gasteiger partial charge in [0.25, 0.3) is 0 Å². The molecule has 1 aromatic heterocycles. The van der Waals surface area contributed by atoms with E-state index in [0.29, 0.717) is 18.4 Å². The van der Waals surface area contributed by atoms with Crippen LogP contribution in [0, 0.1) is 6.92 Å². The zero-order chi connectivity index (χ0) is 11.5. The molecule has 0 aliphatic heterocycles. The Morgan fingerprint density at radius 3 is 2.88 bits per heavy atom. The zero-order valence-corrected chi connectivity index (χ0v) is 9.60. The summed E-state index contributed by atoms with van der Waals surface area (Å²) >= 11 is 0. The number of ether oxygens (including phenoxy) is 1. The summed E-state index contributed by atoms with van der Waals surface area (Å²) in [5, 5.41) is 12.4. The highest BCUT2D eigenvalue weighted by Crippen LogP contribution is 2.23. The Bertz CT molecular complexity index is 364. The van der Waals surface area contributed by atoms with E-state index in [2.05, 4.69) is 15.3 Å². The number of aliphatic hydroxyl groups excluding tert-OH is 1. The number of aryl methyl sites for hydroxylation is 1. The van der Waals surface area contributed by atoms with E-state index in [0.717, 1.165) is 18.5 Å². The quantitative estimate of drug-likeness (QED) is 0.800. The molecule has 16 heavy (non-hydrogen) atoms. The number of aromatic nitrogens is 2. The van der Waals surface area contributed by atoms with E-state index >= 15 is 0 Å². The number of hydrogen-bond acceptors (Lipinski definition) is 5. The van der Waals surface area contributed by atoms with Gasteiger partial charge in [-0.1, -0.05) is 0 Å². The van der Waals surface area contributed by atoms with Crippen LogP contribution in [-0.4, -0.2) is 33.8 Å². The molecular formula is C11H17N3O2. The molecule has 1 aliphatic rings. The molecular weight excluding hydrogens is 206 g/mol. The molecule has 0 aromatic carbocycles. The lowest BCUT2D eigenvalue weighted by Gasteiger charge is -2.31. The van der Waals surface area contributed by atoms with Crippen LogP contribution in [-0.2, 0) is 0 Å². The highest BCUT2D eigenvalue weighted by Gasteiger charge is 2.27. The number of nitrogens with one attached hydrogen (secondary N) is 1. The fraction of sp³-hybridized carbons (Fsp3) is 0.636. The van der Waals surface area contributed by atoms with Crippen molar-refractivity contribution in [3.8, 4) is 5.88 Å². The van der Waals surface area contributed by atoms with Gasteiger partial charge >= 0.3 is 0 Å². The van der Waals surface area contributed by atoms with E-state index in [1.54, 1.807) is 0 Å². The third kappa shape index (κ3) is 2.61. The number of anilines is 1. The molecule has 0 bridgehead atoms. The molecule has 0 spiro atoms. The van der Waals surface area contributed by atoms with Crippen molar-refractivity contribution in [1.82, 2.24) is 9.97 Å². The van der Waals surface area contributed by atoms with Crippen LogP contribution in [0.25, 0.3) is 0 Å². The second kappa shape index (κ2) is 4.65. The van der Waals surface area contributed by atoms with Crippen LogP contribution in [0.2, 0.25) is 0 Å². The monoisotopic (exact) mass is 223 g/mol. The van der Waals surface area contributed by atoms with Gasteiger partial charge < -0.3 is 15.2 Å². The molecule has 0 saturated heterocycles. The summed E-state index contributed by atoms with van der Waals surface area (Å²) in [6.45, 7) is 4.43. The number of hydrogen-bond donors (Lipinski definition) is 2. The van der Waals surface area contributed by atoms with Crippen molar-refractivity contribution in [1.29, 1.82) is 0 Å². The predicted molar refractivity (Wildman–Crippen MR) is 60.6 cm³/mol. The lowest BCUT2D eigenvalue weighted by molar-refractivity contribution is 0.0834. The molecule has 1 aromatic rings. The first-order valence-electron chi connectivity index (χ1n) is 5.60. The highest BCUT2D eigenvalue weighted by atomic mass is 16.5. The average Bonchev–Trinajstić information content (AvgIpc) is 2.15. The third-order valence-corrected chi connectivity index (χ3v) is 2.57. The standard InChI is InChI=1S/C11H17N3O2/c1-3-16-10-4-7(2)12-11(14-10)13-8-5-9(15)6-8/h4,8-9,15H,3,5-6H2,1-2H3,(H,12,13,14). The molecule has 0 unspecified atom stereocenters. The molecule has 0 amide bonds. The summed E-state index contributed by atoms with van der Waals surface area (Å²) in [5.74, 6) is 1.18. The first-order chi connectivity index (χ1) is 7.67. The lowest BCUT2D eigenvalue weighted by Crippen LogP contribution is -2.39. The van der Waals surface area contributed by atoms with Crippen molar-refractivity contribution in [2.75, 3.05) is 11.9 Å². The second-order valence-electron chi connectivity index (χ2n) is 4.07. The normalized spacial score (nSPS) is 23.7. The summed E-state index contributed by atoms with van der Waals surface area (Å²) in [7, 11) is 0. The van der Waals surface area contributed by atoms with Gasteiger partial charge in [0.1, 0.15) is 0 Å². The summed E-state index contributed by atoms with van der Waals surface area (Å²) in [5.41, 5.74) is 0.876. The Labute approximate surface area is 94.9 Å². The van der Waals surface area contributed by atoms with Gasteiger partial charge in [0.15, 0.2) is 0 Å². The molecule has 2 N–H and O–H groups in total. The summed E-state index contributed by atoms with van der Waals surface area (Å²) in [6.07, 6.45) is 1.36. The van der Waals surface area contributed by atoms with Gasteiger partial charge in [-0.3, -0.25) is 0 Å². The van der Waals surface area contributed by atoms with E-state index in [9.17, 15) is 5.11 Å². The average molecular weight is 223 g/mol. The van der Waals surface area contributed by atoms with Gasteiger partial charge in [0.05, 0.1) is 12.7 Å². The van der Waals surface area contributed by atoms with E-state index < -0.39 is 0 Å². The molecule has 1 fully saturated rings. The first-order valence-corrected chi connectivity index (χ1v) is 5.60. The predicted octanol–water partition coefficient (Wildman–Crippen LogP) is 1.12. The number of nitrogens with zero attached hydrogens (tertiary/aromatic N) is 2. The molecule has 88 valence electrons. The van der Waals surface area contributed by atoms with Crippen LogP contribution in [0.3, 0.4) is 0 Å². The minimum Gasteiger partial charge on any atom is -0.478 e. The lowest BCUT2D eigenvalue weighted by atomic mass is 9.90. The van der Waals surface area contributed by atoms with Crippen LogP contribution >= 0.6 is 0 Å². The smallest absolute Gasteiger partial charge is 0.226 e. The second-order valence-corrected chi connectivity index (χ2v) is 4.07. The Hall–Kier alpha value is -1.36. The van der Waals surface area contributed by atoms with Gasteiger partial charge in [-0.25, -0.2) is 4.98 Å². The van der Waals surface area contributed by atoms with E-state index in [1.807, 2.05) is 19.9 Å². The molecule has 0 radical (unpaired) electrons. The van der Waals surface area contributed by atoms with Crippen molar-refractivity contribution in [3.05, 3.63) is 11.8 Å². The molecule has 1 heterocycles. The van der Waals surface area contributed by atoms with Crippen LogP contribution in [0.4, 0.5) is 5.95 Å². The maximum Gasteiger partial charge on any atom is 0.226 e. The third-order valence-electron chi connectivity index (χ3n) is 2.57. The van der Waals surface area contributed by atoms with Gasteiger partial charge in [0, 0.05) is 17.8 Å². The van der Waals surface area contributed by atoms with Gasteiger partial charge in [0.2, 0.25) is 11.8 Å². The van der Waals surface area contributed by atoms with Crippen LogP contribution in [0.5, 0.6) is 5.88 Å². The summed E-state index contributed by atoms with van der Waals surface area (Å²) in [6, 6.07) is 2.09. The van der Waals surface area contributed by atoms with Crippen molar-refractivity contribution in [3.63, 3.8) is 0 Å². The summed E-state index contributed by atoms with van der Waals surface area (Å²) < 4.78 is 5.34. The number of aliphatic hydroxyl groups is 1. The fourth-order valence-corrected chi connectivity index (χ4v) is 1.71. The van der Waals surface area contributed by atoms with Gasteiger partial charge in [-0.2, -0.15) is 4.98 Å². The van der Waals surface area contributed by atoms with E-state index in [4.69, 9.17) is 4.74 Å². The molecule has 5 heteroatoms. The minimum atomic E-state index is -0.173. The highest BCUT2D eigenvalue weighted by molar-refractivity contribution is 5.32. The molecule has 0 atom stereocenters. The summed E-state index contributed by atoms with van der Waals surface area (Å²) in [4.78, 5) is 8.52. The Morgan fingerprint density at radius 1 is 1.50 bits per heavy atom. The Kier molecular flexibility index (Phi) is 3.24. The largest absolute Gasteiger partial charge is 0.478 e. The zero-order valence-electron chi connectivity index (χ0n) is 9.60. The maximum atomic E-state index is 9.18. The topological polar surface area (TPSA) is 67.3 Å². The molecule has 2 rings (SSSR count). The van der Waals surface area contributed by atoms with Crippen LogP contribution in [0.1, 0.15) is 25.5 Å². The number of rotatable bonds is 4. The van der Waals surface area contributed by atoms with E-state index in [1.165, 1.54) is 0 Å². The molecule has 5 nitrogen and oxygen atoms in total. The fourth-order valence-electron chi connectivity index (χ4n) is 1.71. The van der Waals surface area contributed by atoms with Crippen molar-refractivity contribution in [2.45, 2.75) is 38.8 Å². The Balaban J connectivity index is 2.02. The SMILES string of the molecule is CCOc1cc(C)nc(NC2CC(O)C2)n1. The first kappa shape index (κ1) is 11.1. The van der Waals surface area contributed by atoms with Crippen molar-refractivity contribution < 1.29 is 9.84 Å². The van der Waals surface area contributed by atoms with Crippen LogP contribution in [0.15, 0.2) is 6.07 Å². The van der Waals surface area contributed by atoms with Gasteiger partial charge in [-0.15, -0.1) is 0 Å². The van der Waals surface area contributed by atoms with Crippen LogP contribution < -0.4 is 10.1 Å². The van der Waals surface area contributed by atoms with Crippen molar-refractivity contribution in [2.24, 2.45) is 0 Å². The van der Waals surface area contributed by atoms with Crippen molar-refractivity contribution >= 4 is 5.95 Å². The Morgan fingerprint density at radius 2 is 2.25 bits per heavy atom. The molecule has 1 saturated carbocycles. The minimum absolute atomic E-state index is 0.173. The van der Waals surface area contributed by atoms with Gasteiger partial charge in [-0.05, 0) is 26.7 Å². The molecule has 1 aliphatic carbocycles. The maximum absolute atomic E-state index is 9.18. The van der Waals surface area contributed by atoms with E-state index in [-0.39, 0.29) is 12.1 Å².